The zero-order chi connectivity index (χ0) is 11.4. The van der Waals surface area contributed by atoms with Crippen LogP contribution >= 0.6 is 0 Å². The highest BCUT2D eigenvalue weighted by Crippen LogP contribution is 2.29. The van der Waals surface area contributed by atoms with E-state index in [4.69, 9.17) is 0 Å². The lowest BCUT2D eigenvalue weighted by Gasteiger charge is -2.43. The summed E-state index contributed by atoms with van der Waals surface area (Å²) < 4.78 is 0. The zero-order valence-electron chi connectivity index (χ0n) is 11.2. The molecule has 1 heteroatoms. The Bertz CT molecular complexity index is 87.4. The van der Waals surface area contributed by atoms with Crippen molar-refractivity contribution in [3.63, 3.8) is 0 Å². The van der Waals surface area contributed by atoms with Crippen LogP contribution in [-0.4, -0.2) is 12.1 Å². The van der Waals surface area contributed by atoms with Crippen LogP contribution in [0.5, 0.6) is 0 Å². The molecule has 88 valence electrons. The van der Waals surface area contributed by atoms with Crippen LogP contribution in [0, 0.1) is 0 Å². The third-order valence-corrected chi connectivity index (χ3v) is 2.56. The Labute approximate surface area is 91.7 Å². The van der Waals surface area contributed by atoms with Gasteiger partial charge in [0.2, 0.25) is 0 Å². The Morgan fingerprint density at radius 3 is 1.43 bits per heavy atom. The molecular formula is C13H31N. The van der Waals surface area contributed by atoms with E-state index < -0.39 is 0 Å². The molecule has 0 spiro atoms. The molecule has 1 fully saturated rings. The molecular weight excluding hydrogens is 170 g/mol. The van der Waals surface area contributed by atoms with E-state index in [-0.39, 0.29) is 0 Å². The van der Waals surface area contributed by atoms with E-state index in [0.717, 1.165) is 0 Å². The third-order valence-electron chi connectivity index (χ3n) is 2.56. The van der Waals surface area contributed by atoms with Gasteiger partial charge in [0, 0.05) is 5.54 Å². The van der Waals surface area contributed by atoms with Crippen LogP contribution in [-0.2, 0) is 0 Å². The van der Waals surface area contributed by atoms with E-state index in [9.17, 15) is 0 Å². The molecule has 1 aliphatic rings. The summed E-state index contributed by atoms with van der Waals surface area (Å²) in [7, 11) is 0. The fourth-order valence-electron chi connectivity index (χ4n) is 1.99. The summed E-state index contributed by atoms with van der Waals surface area (Å²) in [5.74, 6) is 0. The number of rotatable bonds is 4. The first-order chi connectivity index (χ1) is 6.83. The molecule has 1 heterocycles. The molecule has 1 aliphatic heterocycles. The van der Waals surface area contributed by atoms with Crippen molar-refractivity contribution in [3.05, 3.63) is 0 Å². The Morgan fingerprint density at radius 2 is 1.29 bits per heavy atom. The Morgan fingerprint density at radius 1 is 0.929 bits per heavy atom. The van der Waals surface area contributed by atoms with E-state index >= 15 is 0 Å². The number of nitrogens with one attached hydrogen (secondary N) is 1. The second-order valence-electron chi connectivity index (χ2n) is 3.46. The van der Waals surface area contributed by atoms with Crippen molar-refractivity contribution in [2.24, 2.45) is 0 Å². The van der Waals surface area contributed by atoms with Crippen molar-refractivity contribution in [3.8, 4) is 0 Å². The smallest absolute Gasteiger partial charge is 0.0193 e. The van der Waals surface area contributed by atoms with E-state index in [2.05, 4.69) is 19.2 Å². The maximum absolute atomic E-state index is 3.56. The first kappa shape index (κ1) is 16.4. The molecule has 14 heavy (non-hydrogen) atoms. The lowest BCUT2D eigenvalue weighted by molar-refractivity contribution is 0.174. The molecule has 1 N–H and O–H groups in total. The fourth-order valence-corrected chi connectivity index (χ4v) is 1.99. The van der Waals surface area contributed by atoms with E-state index in [1.807, 2.05) is 27.7 Å². The van der Waals surface area contributed by atoms with Gasteiger partial charge in [-0.05, 0) is 25.8 Å². The molecule has 0 amide bonds. The Balaban J connectivity index is 0. The topological polar surface area (TPSA) is 12.0 Å². The molecule has 0 unspecified atom stereocenters. The van der Waals surface area contributed by atoms with Crippen molar-refractivity contribution >= 4 is 0 Å². The molecule has 0 aromatic carbocycles. The lowest BCUT2D eigenvalue weighted by Crippen LogP contribution is -2.56. The summed E-state index contributed by atoms with van der Waals surface area (Å²) in [5, 5.41) is 3.56. The van der Waals surface area contributed by atoms with Crippen LogP contribution in [0.4, 0.5) is 0 Å². The highest BCUT2D eigenvalue weighted by atomic mass is 15.0. The van der Waals surface area contributed by atoms with Gasteiger partial charge in [-0.3, -0.25) is 0 Å². The molecule has 1 nitrogen and oxygen atoms in total. The van der Waals surface area contributed by atoms with E-state index in [0.29, 0.717) is 5.54 Å². The average molecular weight is 201 g/mol. The van der Waals surface area contributed by atoms with Gasteiger partial charge in [0.1, 0.15) is 0 Å². The predicted molar refractivity (Wildman–Crippen MR) is 67.9 cm³/mol. The summed E-state index contributed by atoms with van der Waals surface area (Å²) in [4.78, 5) is 0. The number of hydrogen-bond donors (Lipinski definition) is 1. The standard InChI is InChI=1S/C9H19N.2C2H6/c1-3-5-9(6-4-2)7-8-10-9;2*1-2/h10H,3-8H2,1-2H3;2*1-2H3. The van der Waals surface area contributed by atoms with Crippen LogP contribution in [0.15, 0.2) is 0 Å². The quantitative estimate of drug-likeness (QED) is 0.712. The van der Waals surface area contributed by atoms with Gasteiger partial charge in [0.15, 0.2) is 0 Å². The molecule has 0 atom stereocenters. The van der Waals surface area contributed by atoms with Crippen LogP contribution in [0.25, 0.3) is 0 Å². The van der Waals surface area contributed by atoms with Gasteiger partial charge >= 0.3 is 0 Å². The highest BCUT2D eigenvalue weighted by Gasteiger charge is 2.33. The van der Waals surface area contributed by atoms with Gasteiger partial charge in [0.25, 0.3) is 0 Å². The van der Waals surface area contributed by atoms with E-state index in [1.165, 1.54) is 38.6 Å². The lowest BCUT2D eigenvalue weighted by atomic mass is 9.80. The summed E-state index contributed by atoms with van der Waals surface area (Å²) in [6, 6.07) is 0. The third kappa shape index (κ3) is 5.64. The molecule has 1 saturated heterocycles. The van der Waals surface area contributed by atoms with Gasteiger partial charge in [-0.15, -0.1) is 0 Å². The van der Waals surface area contributed by atoms with Crippen LogP contribution in [0.2, 0.25) is 0 Å². The summed E-state index contributed by atoms with van der Waals surface area (Å²) in [6.07, 6.45) is 6.82. The minimum atomic E-state index is 0.573. The molecule has 0 radical (unpaired) electrons. The first-order valence-electron chi connectivity index (χ1n) is 6.58. The monoisotopic (exact) mass is 201 g/mol. The van der Waals surface area contributed by atoms with Crippen LogP contribution in [0.3, 0.4) is 0 Å². The van der Waals surface area contributed by atoms with Gasteiger partial charge in [0.05, 0.1) is 0 Å². The Hall–Kier alpha value is -0.0400. The van der Waals surface area contributed by atoms with Crippen molar-refractivity contribution in [1.82, 2.24) is 5.32 Å². The minimum absolute atomic E-state index is 0.573. The summed E-state index contributed by atoms with van der Waals surface area (Å²) >= 11 is 0. The molecule has 0 aromatic rings. The van der Waals surface area contributed by atoms with Crippen molar-refractivity contribution in [1.29, 1.82) is 0 Å². The molecule has 0 saturated carbocycles. The zero-order valence-corrected chi connectivity index (χ0v) is 11.2. The summed E-state index contributed by atoms with van der Waals surface area (Å²) in [5.41, 5.74) is 0.573. The largest absolute Gasteiger partial charge is 0.311 e. The molecule has 0 aliphatic carbocycles. The normalized spacial score (nSPS) is 16.7. The highest BCUT2D eigenvalue weighted by molar-refractivity contribution is 4.95. The minimum Gasteiger partial charge on any atom is -0.311 e. The molecule has 0 bridgehead atoms. The maximum atomic E-state index is 3.56. The molecule has 0 aromatic heterocycles. The number of hydrogen-bond acceptors (Lipinski definition) is 1. The molecule has 1 rings (SSSR count). The average Bonchev–Trinajstić information content (AvgIpc) is 2.21. The first-order valence-corrected chi connectivity index (χ1v) is 6.58. The SMILES string of the molecule is CC.CC.CCCC1(CCC)CCN1. The van der Waals surface area contributed by atoms with Crippen LogP contribution < -0.4 is 5.32 Å². The predicted octanol–water partition coefficient (Wildman–Crippen LogP) is 4.37. The Kier molecular flexibility index (Phi) is 12.9. The van der Waals surface area contributed by atoms with Crippen molar-refractivity contribution < 1.29 is 0 Å². The van der Waals surface area contributed by atoms with Gasteiger partial charge in [-0.25, -0.2) is 0 Å². The second-order valence-corrected chi connectivity index (χ2v) is 3.46. The fraction of sp³-hybridized carbons (Fsp3) is 1.00. The van der Waals surface area contributed by atoms with Gasteiger partial charge in [-0.2, -0.15) is 0 Å². The van der Waals surface area contributed by atoms with E-state index in [1.54, 1.807) is 0 Å². The van der Waals surface area contributed by atoms with Crippen molar-refractivity contribution in [2.75, 3.05) is 6.54 Å². The summed E-state index contributed by atoms with van der Waals surface area (Å²) in [6.45, 7) is 13.8. The van der Waals surface area contributed by atoms with Gasteiger partial charge < -0.3 is 5.32 Å². The van der Waals surface area contributed by atoms with Gasteiger partial charge in [-0.1, -0.05) is 54.4 Å². The van der Waals surface area contributed by atoms with Crippen LogP contribution in [0.1, 0.15) is 73.6 Å². The van der Waals surface area contributed by atoms with Crippen molar-refractivity contribution in [2.45, 2.75) is 79.2 Å². The maximum Gasteiger partial charge on any atom is 0.0193 e. The second kappa shape index (κ2) is 11.0.